The molecule has 0 saturated heterocycles. The Morgan fingerprint density at radius 2 is 2.00 bits per heavy atom. The quantitative estimate of drug-likeness (QED) is 0.880. The second kappa shape index (κ2) is 6.21. The van der Waals surface area contributed by atoms with Gasteiger partial charge in [0.25, 0.3) is 5.91 Å². The number of carboxylic acids is 1. The predicted molar refractivity (Wildman–Crippen MR) is 78.1 cm³/mol. The van der Waals surface area contributed by atoms with Gasteiger partial charge in [-0.3, -0.25) is 9.59 Å². The van der Waals surface area contributed by atoms with Crippen LogP contribution in [0.15, 0.2) is 36.8 Å². The number of benzene rings is 1. The van der Waals surface area contributed by atoms with Crippen molar-refractivity contribution in [3.8, 4) is 0 Å². The van der Waals surface area contributed by atoms with Gasteiger partial charge >= 0.3 is 5.97 Å². The molecule has 2 N–H and O–H groups in total. The molecule has 0 aliphatic carbocycles. The van der Waals surface area contributed by atoms with Crippen LogP contribution in [0, 0.1) is 5.92 Å². The summed E-state index contributed by atoms with van der Waals surface area (Å²) in [6, 6.07) is 7.14. The van der Waals surface area contributed by atoms with Crippen molar-refractivity contribution < 1.29 is 14.7 Å². The Hall–Kier alpha value is -2.63. The van der Waals surface area contributed by atoms with Crippen LogP contribution in [-0.2, 0) is 18.3 Å². The summed E-state index contributed by atoms with van der Waals surface area (Å²) in [5.41, 5.74) is 1.92. The lowest BCUT2D eigenvalue weighted by atomic mass is 10.0. The summed E-state index contributed by atoms with van der Waals surface area (Å²) < 4.78 is 1.70. The molecule has 2 aromatic rings. The van der Waals surface area contributed by atoms with Gasteiger partial charge in [0, 0.05) is 18.9 Å². The molecule has 1 amide bonds. The van der Waals surface area contributed by atoms with E-state index in [0.29, 0.717) is 17.8 Å². The van der Waals surface area contributed by atoms with E-state index >= 15 is 0 Å². The topological polar surface area (TPSA) is 84.2 Å². The number of imidazole rings is 1. The highest BCUT2D eigenvalue weighted by atomic mass is 16.4. The van der Waals surface area contributed by atoms with Crippen LogP contribution in [-0.4, -0.2) is 26.5 Å². The number of aryl methyl sites for hydroxylation is 1. The first kappa shape index (κ1) is 14.8. The fourth-order valence-electron chi connectivity index (χ4n) is 1.89. The van der Waals surface area contributed by atoms with Crippen molar-refractivity contribution >= 4 is 17.6 Å². The zero-order valence-electron chi connectivity index (χ0n) is 11.9. The van der Waals surface area contributed by atoms with Gasteiger partial charge in [-0.05, 0) is 24.1 Å². The summed E-state index contributed by atoms with van der Waals surface area (Å²) in [5, 5.41) is 11.6. The molecule has 1 aromatic heterocycles. The lowest BCUT2D eigenvalue weighted by molar-refractivity contribution is -0.141. The van der Waals surface area contributed by atoms with Gasteiger partial charge in [-0.25, -0.2) is 4.98 Å². The van der Waals surface area contributed by atoms with Crippen molar-refractivity contribution in [2.45, 2.75) is 13.3 Å². The van der Waals surface area contributed by atoms with E-state index in [0.717, 1.165) is 5.56 Å². The molecule has 1 atom stereocenters. The average Bonchev–Trinajstić information content (AvgIpc) is 2.87. The summed E-state index contributed by atoms with van der Waals surface area (Å²) in [4.78, 5) is 26.7. The van der Waals surface area contributed by atoms with Crippen molar-refractivity contribution in [2.24, 2.45) is 13.0 Å². The lowest BCUT2D eigenvalue weighted by Crippen LogP contribution is -2.13. The number of nitrogens with zero attached hydrogens (tertiary/aromatic N) is 2. The Bertz CT molecular complexity index is 646. The maximum Gasteiger partial charge on any atom is 0.306 e. The molecule has 0 spiro atoms. The fourth-order valence-corrected chi connectivity index (χ4v) is 1.89. The maximum absolute atomic E-state index is 11.9. The molecule has 110 valence electrons. The van der Waals surface area contributed by atoms with E-state index < -0.39 is 11.9 Å². The number of anilines is 1. The zero-order chi connectivity index (χ0) is 15.4. The molecule has 2 rings (SSSR count). The first-order valence-electron chi connectivity index (χ1n) is 6.57. The number of aliphatic carboxylic acids is 1. The minimum absolute atomic E-state index is 0.276. The number of amides is 1. The van der Waals surface area contributed by atoms with Crippen LogP contribution >= 0.6 is 0 Å². The summed E-state index contributed by atoms with van der Waals surface area (Å²) in [6.45, 7) is 1.67. The summed E-state index contributed by atoms with van der Waals surface area (Å²) in [5.74, 6) is -1.52. The third-order valence-corrected chi connectivity index (χ3v) is 3.11. The number of hydrogen-bond acceptors (Lipinski definition) is 3. The number of rotatable bonds is 5. The standard InChI is InChI=1S/C15H17N3O3/c1-10(15(20)21)7-11-3-5-12(6-4-11)17-14(19)13-8-18(2)9-16-13/h3-6,8-10H,7H2,1-2H3,(H,17,19)(H,20,21). The van der Waals surface area contributed by atoms with Crippen molar-refractivity contribution in [3.05, 3.63) is 48.0 Å². The van der Waals surface area contributed by atoms with Gasteiger partial charge < -0.3 is 15.0 Å². The van der Waals surface area contributed by atoms with Crippen LogP contribution in [0.25, 0.3) is 0 Å². The smallest absolute Gasteiger partial charge is 0.306 e. The Kier molecular flexibility index (Phi) is 4.37. The fraction of sp³-hybridized carbons (Fsp3) is 0.267. The number of carboxylic acid groups (broad SMARTS) is 1. The predicted octanol–water partition coefficient (Wildman–Crippen LogP) is 1.94. The van der Waals surface area contributed by atoms with Crippen LogP contribution < -0.4 is 5.32 Å². The first-order chi connectivity index (χ1) is 9.95. The van der Waals surface area contributed by atoms with E-state index in [1.54, 1.807) is 43.2 Å². The van der Waals surface area contributed by atoms with E-state index in [9.17, 15) is 9.59 Å². The van der Waals surface area contributed by atoms with Crippen LogP contribution in [0.3, 0.4) is 0 Å². The summed E-state index contributed by atoms with van der Waals surface area (Å²) >= 11 is 0. The van der Waals surface area contributed by atoms with Gasteiger partial charge in [0.15, 0.2) is 0 Å². The van der Waals surface area contributed by atoms with Gasteiger partial charge in [0.05, 0.1) is 12.2 Å². The SMILES string of the molecule is CC(Cc1ccc(NC(=O)c2cn(C)cn2)cc1)C(=O)O. The van der Waals surface area contributed by atoms with Gasteiger partial charge in [-0.2, -0.15) is 0 Å². The van der Waals surface area contributed by atoms with Crippen molar-refractivity contribution in [1.29, 1.82) is 0 Å². The minimum Gasteiger partial charge on any atom is -0.481 e. The number of hydrogen-bond donors (Lipinski definition) is 2. The molecule has 0 bridgehead atoms. The average molecular weight is 287 g/mol. The molecule has 21 heavy (non-hydrogen) atoms. The molecule has 6 nitrogen and oxygen atoms in total. The van der Waals surface area contributed by atoms with Crippen LogP contribution in [0.1, 0.15) is 23.0 Å². The molecule has 1 heterocycles. The molecule has 1 aromatic carbocycles. The first-order valence-corrected chi connectivity index (χ1v) is 6.57. The Morgan fingerprint density at radius 1 is 1.33 bits per heavy atom. The van der Waals surface area contributed by atoms with Gasteiger partial charge in [0.1, 0.15) is 5.69 Å². The largest absolute Gasteiger partial charge is 0.481 e. The second-order valence-corrected chi connectivity index (χ2v) is 5.02. The van der Waals surface area contributed by atoms with E-state index in [2.05, 4.69) is 10.3 Å². The molecule has 0 aliphatic heterocycles. The molecule has 6 heteroatoms. The summed E-state index contributed by atoms with van der Waals surface area (Å²) in [7, 11) is 1.79. The van der Waals surface area contributed by atoms with Gasteiger partial charge in [0.2, 0.25) is 0 Å². The van der Waals surface area contributed by atoms with Crippen molar-refractivity contribution in [2.75, 3.05) is 5.32 Å². The monoisotopic (exact) mass is 287 g/mol. The van der Waals surface area contributed by atoms with E-state index in [1.165, 1.54) is 0 Å². The summed E-state index contributed by atoms with van der Waals surface area (Å²) in [6.07, 6.45) is 3.66. The van der Waals surface area contributed by atoms with Crippen LogP contribution in [0.4, 0.5) is 5.69 Å². The van der Waals surface area contributed by atoms with Crippen molar-refractivity contribution in [3.63, 3.8) is 0 Å². The maximum atomic E-state index is 11.9. The van der Waals surface area contributed by atoms with E-state index in [1.807, 2.05) is 12.1 Å². The number of carbonyl (C=O) groups excluding carboxylic acids is 1. The van der Waals surface area contributed by atoms with Gasteiger partial charge in [-0.1, -0.05) is 19.1 Å². The Morgan fingerprint density at radius 3 is 2.52 bits per heavy atom. The molecular weight excluding hydrogens is 270 g/mol. The number of aromatic nitrogens is 2. The molecule has 0 radical (unpaired) electrons. The second-order valence-electron chi connectivity index (χ2n) is 5.02. The highest BCUT2D eigenvalue weighted by Crippen LogP contribution is 2.14. The minimum atomic E-state index is -0.817. The lowest BCUT2D eigenvalue weighted by Gasteiger charge is -2.08. The zero-order valence-corrected chi connectivity index (χ0v) is 11.9. The third kappa shape index (κ3) is 3.92. The van der Waals surface area contributed by atoms with Crippen molar-refractivity contribution in [1.82, 2.24) is 9.55 Å². The Labute approximate surface area is 122 Å². The van der Waals surface area contributed by atoms with E-state index in [-0.39, 0.29) is 5.91 Å². The number of nitrogens with one attached hydrogen (secondary N) is 1. The highest BCUT2D eigenvalue weighted by Gasteiger charge is 2.12. The Balaban J connectivity index is 1.99. The molecule has 0 fully saturated rings. The van der Waals surface area contributed by atoms with Gasteiger partial charge in [-0.15, -0.1) is 0 Å². The molecular formula is C15H17N3O3. The number of carbonyl (C=O) groups is 2. The normalized spacial score (nSPS) is 11.9. The van der Waals surface area contributed by atoms with E-state index in [4.69, 9.17) is 5.11 Å². The highest BCUT2D eigenvalue weighted by molar-refractivity contribution is 6.02. The molecule has 0 aliphatic rings. The molecule has 1 unspecified atom stereocenters. The van der Waals surface area contributed by atoms with Crippen LogP contribution in [0.5, 0.6) is 0 Å². The molecule has 0 saturated carbocycles. The third-order valence-electron chi connectivity index (χ3n) is 3.11. The van der Waals surface area contributed by atoms with Crippen LogP contribution in [0.2, 0.25) is 0 Å².